The summed E-state index contributed by atoms with van der Waals surface area (Å²) in [7, 11) is -4.00. The minimum absolute atomic E-state index is 0.0741. The van der Waals surface area contributed by atoms with Crippen LogP contribution in [0.4, 0.5) is 0 Å². The van der Waals surface area contributed by atoms with Gasteiger partial charge in [-0.25, -0.2) is 0 Å². The Labute approximate surface area is 133 Å². The van der Waals surface area contributed by atoms with E-state index in [0.29, 0.717) is 0 Å². The van der Waals surface area contributed by atoms with Crippen LogP contribution in [0, 0.1) is 0 Å². The summed E-state index contributed by atoms with van der Waals surface area (Å²) in [6.07, 6.45) is 7.08. The number of piperidine rings is 2. The Morgan fingerprint density at radius 2 is 1.59 bits per heavy atom. The molecule has 1 aromatic carbocycles. The first kappa shape index (κ1) is 17.4. The zero-order chi connectivity index (χ0) is 15.8. The lowest BCUT2D eigenvalue weighted by atomic mass is 10.0. The summed E-state index contributed by atoms with van der Waals surface area (Å²) in [5.41, 5.74) is 0. The van der Waals surface area contributed by atoms with Gasteiger partial charge in [-0.05, 0) is 64.0 Å². The number of nitrogens with zero attached hydrogens (tertiary/aromatic N) is 1. The van der Waals surface area contributed by atoms with Crippen molar-refractivity contribution in [1.82, 2.24) is 10.2 Å². The molecule has 6 heteroatoms. The van der Waals surface area contributed by atoms with E-state index in [0.717, 1.165) is 6.04 Å². The van der Waals surface area contributed by atoms with Gasteiger partial charge in [-0.1, -0.05) is 24.6 Å². The molecule has 0 saturated carbocycles. The first-order valence-electron chi connectivity index (χ1n) is 8.04. The molecule has 0 unspecified atom stereocenters. The number of nitrogens with one attached hydrogen (secondary N) is 1. The number of hydrogen-bond acceptors (Lipinski definition) is 4. The van der Waals surface area contributed by atoms with E-state index < -0.39 is 10.1 Å². The number of rotatable bonds is 2. The molecule has 5 nitrogen and oxygen atoms in total. The van der Waals surface area contributed by atoms with E-state index in [-0.39, 0.29) is 4.90 Å². The molecule has 2 fully saturated rings. The van der Waals surface area contributed by atoms with E-state index in [9.17, 15) is 8.42 Å². The lowest BCUT2D eigenvalue weighted by molar-refractivity contribution is 0.136. The van der Waals surface area contributed by atoms with E-state index in [4.69, 9.17) is 4.55 Å². The van der Waals surface area contributed by atoms with E-state index in [1.54, 1.807) is 18.2 Å². The number of likely N-dealkylation sites (tertiary alicyclic amines) is 1. The molecule has 0 bridgehead atoms. The van der Waals surface area contributed by atoms with Crippen molar-refractivity contribution in [3.8, 4) is 0 Å². The maximum atomic E-state index is 10.4. The predicted octanol–water partition coefficient (Wildman–Crippen LogP) is 2.16. The molecule has 2 heterocycles. The maximum absolute atomic E-state index is 10.4. The van der Waals surface area contributed by atoms with Crippen LogP contribution >= 0.6 is 0 Å². The summed E-state index contributed by atoms with van der Waals surface area (Å²) in [5, 5.41) is 3.43. The minimum atomic E-state index is -4.00. The second-order valence-corrected chi connectivity index (χ2v) is 7.29. The van der Waals surface area contributed by atoms with Crippen LogP contribution in [0.1, 0.15) is 32.1 Å². The second kappa shape index (κ2) is 8.62. The number of benzene rings is 1. The van der Waals surface area contributed by atoms with Crippen molar-refractivity contribution in [2.45, 2.75) is 43.0 Å². The molecule has 2 N–H and O–H groups in total. The Morgan fingerprint density at radius 3 is 2.09 bits per heavy atom. The van der Waals surface area contributed by atoms with Gasteiger partial charge in [0.25, 0.3) is 10.1 Å². The van der Waals surface area contributed by atoms with Crippen LogP contribution in [0.5, 0.6) is 0 Å². The van der Waals surface area contributed by atoms with Gasteiger partial charge in [-0.3, -0.25) is 4.55 Å². The van der Waals surface area contributed by atoms with E-state index in [1.165, 1.54) is 70.4 Å². The van der Waals surface area contributed by atoms with E-state index >= 15 is 0 Å². The highest BCUT2D eigenvalue weighted by Crippen LogP contribution is 2.17. The van der Waals surface area contributed by atoms with Gasteiger partial charge in [0.1, 0.15) is 0 Å². The third-order valence-electron chi connectivity index (χ3n) is 4.26. The second-order valence-electron chi connectivity index (χ2n) is 5.87. The van der Waals surface area contributed by atoms with Crippen LogP contribution < -0.4 is 5.32 Å². The van der Waals surface area contributed by atoms with Crippen molar-refractivity contribution < 1.29 is 13.0 Å². The van der Waals surface area contributed by atoms with Crippen LogP contribution in [0.3, 0.4) is 0 Å². The predicted molar refractivity (Wildman–Crippen MR) is 87.6 cm³/mol. The van der Waals surface area contributed by atoms with Crippen molar-refractivity contribution in [2.75, 3.05) is 26.2 Å². The fourth-order valence-electron chi connectivity index (χ4n) is 3.05. The first-order valence-corrected chi connectivity index (χ1v) is 9.49. The Hall–Kier alpha value is -0.950. The fourth-order valence-corrected chi connectivity index (χ4v) is 3.55. The molecule has 0 aromatic heterocycles. The average Bonchev–Trinajstić information content (AvgIpc) is 2.57. The summed E-state index contributed by atoms with van der Waals surface area (Å²) < 4.78 is 29.2. The lowest BCUT2D eigenvalue weighted by Gasteiger charge is -2.36. The standard InChI is InChI=1S/C10H20N2.C6H6O3S/c1-2-8-12(9-3-1)10-4-6-11-7-5-10;7-10(8,9)6-4-2-1-3-5-6/h10-11H,1-9H2;1-5H,(H,7,8,9). The van der Waals surface area contributed by atoms with Crippen molar-refractivity contribution in [3.05, 3.63) is 30.3 Å². The van der Waals surface area contributed by atoms with Crippen LogP contribution in [0.25, 0.3) is 0 Å². The Morgan fingerprint density at radius 1 is 1.00 bits per heavy atom. The topological polar surface area (TPSA) is 69.6 Å². The minimum Gasteiger partial charge on any atom is -0.317 e. The Kier molecular flexibility index (Phi) is 6.82. The summed E-state index contributed by atoms with van der Waals surface area (Å²) >= 11 is 0. The molecular weight excluding hydrogens is 300 g/mol. The molecule has 2 aliphatic rings. The highest BCUT2D eigenvalue weighted by molar-refractivity contribution is 7.85. The third kappa shape index (κ3) is 5.68. The first-order chi connectivity index (χ1) is 10.6. The monoisotopic (exact) mass is 326 g/mol. The summed E-state index contributed by atoms with van der Waals surface area (Å²) in [6, 6.07) is 8.33. The number of hydrogen-bond donors (Lipinski definition) is 2. The van der Waals surface area contributed by atoms with Crippen molar-refractivity contribution in [1.29, 1.82) is 0 Å². The molecule has 2 aliphatic heterocycles. The summed E-state index contributed by atoms with van der Waals surface area (Å²) in [6.45, 7) is 5.21. The molecule has 0 amide bonds. The largest absolute Gasteiger partial charge is 0.317 e. The van der Waals surface area contributed by atoms with Crippen LogP contribution in [-0.4, -0.2) is 50.1 Å². The maximum Gasteiger partial charge on any atom is 0.294 e. The molecule has 0 atom stereocenters. The van der Waals surface area contributed by atoms with Crippen LogP contribution in [-0.2, 0) is 10.1 Å². The summed E-state index contributed by atoms with van der Waals surface area (Å²) in [4.78, 5) is 2.64. The molecule has 124 valence electrons. The SMILES string of the molecule is C1CCN(C2CCNCC2)CC1.O=S(=O)(O)c1ccccc1. The highest BCUT2D eigenvalue weighted by Gasteiger charge is 2.21. The molecule has 1 aromatic rings. The zero-order valence-corrected chi connectivity index (χ0v) is 13.8. The molecule has 0 radical (unpaired) electrons. The van der Waals surface area contributed by atoms with Gasteiger partial charge in [0.15, 0.2) is 0 Å². The zero-order valence-electron chi connectivity index (χ0n) is 12.9. The molecule has 0 spiro atoms. The van der Waals surface area contributed by atoms with Gasteiger partial charge >= 0.3 is 0 Å². The molecule has 2 saturated heterocycles. The van der Waals surface area contributed by atoms with E-state index in [2.05, 4.69) is 10.2 Å². The van der Waals surface area contributed by atoms with Gasteiger partial charge in [0, 0.05) is 6.04 Å². The normalized spacial score (nSPS) is 21.0. The van der Waals surface area contributed by atoms with Gasteiger partial charge < -0.3 is 10.2 Å². The Bertz CT molecular complexity index is 506. The smallest absolute Gasteiger partial charge is 0.294 e. The fraction of sp³-hybridized carbons (Fsp3) is 0.625. The van der Waals surface area contributed by atoms with Crippen LogP contribution in [0.15, 0.2) is 35.2 Å². The quantitative estimate of drug-likeness (QED) is 0.815. The lowest BCUT2D eigenvalue weighted by Crippen LogP contribution is -2.45. The van der Waals surface area contributed by atoms with E-state index in [1.807, 2.05) is 0 Å². The van der Waals surface area contributed by atoms with Crippen molar-refractivity contribution >= 4 is 10.1 Å². The van der Waals surface area contributed by atoms with Crippen LogP contribution in [0.2, 0.25) is 0 Å². The Balaban J connectivity index is 0.000000164. The molecule has 3 rings (SSSR count). The molecular formula is C16H26N2O3S. The highest BCUT2D eigenvalue weighted by atomic mass is 32.2. The third-order valence-corrected chi connectivity index (χ3v) is 5.12. The summed E-state index contributed by atoms with van der Waals surface area (Å²) in [5.74, 6) is 0. The molecule has 22 heavy (non-hydrogen) atoms. The van der Waals surface area contributed by atoms with Crippen molar-refractivity contribution in [3.63, 3.8) is 0 Å². The molecule has 0 aliphatic carbocycles. The van der Waals surface area contributed by atoms with Gasteiger partial charge in [-0.15, -0.1) is 0 Å². The van der Waals surface area contributed by atoms with Gasteiger partial charge in [-0.2, -0.15) is 8.42 Å². The van der Waals surface area contributed by atoms with Gasteiger partial charge in [0.2, 0.25) is 0 Å². The van der Waals surface area contributed by atoms with Gasteiger partial charge in [0.05, 0.1) is 4.90 Å². The van der Waals surface area contributed by atoms with Crippen molar-refractivity contribution in [2.24, 2.45) is 0 Å². The average molecular weight is 326 g/mol.